The molecule has 9 nitrogen and oxygen atoms in total. The van der Waals surface area contributed by atoms with E-state index in [1.807, 2.05) is 6.07 Å². The second kappa shape index (κ2) is 9.67. The van der Waals surface area contributed by atoms with Crippen LogP contribution in [0.5, 0.6) is 11.5 Å². The Morgan fingerprint density at radius 1 is 1.06 bits per heavy atom. The molecule has 2 heterocycles. The van der Waals surface area contributed by atoms with Crippen LogP contribution in [0.3, 0.4) is 0 Å². The summed E-state index contributed by atoms with van der Waals surface area (Å²) >= 11 is 0. The molecule has 2 N–H and O–H groups in total. The third-order valence-corrected chi connectivity index (χ3v) is 5.62. The number of ether oxygens (including phenoxy) is 2. The monoisotopic (exact) mass is 474 g/mol. The molecular formula is C21H19ClN4O5S. The molecule has 1 aliphatic heterocycles. The molecule has 0 spiro atoms. The Labute approximate surface area is 191 Å². The third-order valence-electron chi connectivity index (χ3n) is 4.28. The molecule has 1 aliphatic rings. The van der Waals surface area contributed by atoms with E-state index in [4.69, 9.17) is 9.47 Å². The van der Waals surface area contributed by atoms with Crippen molar-refractivity contribution in [2.75, 3.05) is 16.8 Å². The van der Waals surface area contributed by atoms with Gasteiger partial charge in [-0.1, -0.05) is 6.07 Å². The molecule has 0 saturated carbocycles. The molecular weight excluding hydrogens is 456 g/mol. The molecule has 4 rings (SSSR count). The maximum atomic E-state index is 12.5. The van der Waals surface area contributed by atoms with Gasteiger partial charge in [-0.2, -0.15) is 0 Å². The number of carbonyl (C=O) groups is 1. The van der Waals surface area contributed by atoms with Crippen LogP contribution in [0.2, 0.25) is 0 Å². The van der Waals surface area contributed by atoms with Gasteiger partial charge in [0.05, 0.1) is 4.90 Å². The maximum Gasteiger partial charge on any atom is 0.264 e. The topological polar surface area (TPSA) is 120 Å². The van der Waals surface area contributed by atoms with Crippen LogP contribution in [0.4, 0.5) is 11.6 Å². The molecule has 3 aromatic rings. The number of anilines is 2. The minimum atomic E-state index is -3.85. The van der Waals surface area contributed by atoms with Crippen LogP contribution >= 0.6 is 12.4 Å². The average Bonchev–Trinajstić information content (AvgIpc) is 3.20. The first-order chi connectivity index (χ1) is 14.9. The van der Waals surface area contributed by atoms with Gasteiger partial charge in [0.25, 0.3) is 10.0 Å². The normalized spacial score (nSPS) is 12.3. The number of amides is 1. The Kier molecular flexibility index (Phi) is 6.96. The number of sulfonamides is 1. The number of aryl methyl sites for hydroxylation is 1. The van der Waals surface area contributed by atoms with Crippen molar-refractivity contribution in [2.45, 2.75) is 11.8 Å². The first kappa shape index (κ1) is 23.0. The molecule has 32 heavy (non-hydrogen) atoms. The SMILES string of the molecule is Cc1ccnc(NS(=O)(=O)c2ccc(NC(=O)/C=C/c3ccc4c(c3)OCO4)cc2)n1.Cl. The van der Waals surface area contributed by atoms with E-state index in [0.717, 1.165) is 5.56 Å². The van der Waals surface area contributed by atoms with E-state index < -0.39 is 10.0 Å². The summed E-state index contributed by atoms with van der Waals surface area (Å²) in [4.78, 5) is 20.1. The van der Waals surface area contributed by atoms with E-state index in [9.17, 15) is 13.2 Å². The minimum Gasteiger partial charge on any atom is -0.454 e. The second-order valence-electron chi connectivity index (χ2n) is 6.59. The van der Waals surface area contributed by atoms with Gasteiger partial charge in [0.1, 0.15) is 0 Å². The highest BCUT2D eigenvalue weighted by atomic mass is 35.5. The van der Waals surface area contributed by atoms with Crippen LogP contribution in [-0.2, 0) is 14.8 Å². The molecule has 0 saturated heterocycles. The first-order valence-electron chi connectivity index (χ1n) is 9.20. The zero-order chi connectivity index (χ0) is 21.8. The summed E-state index contributed by atoms with van der Waals surface area (Å²) < 4.78 is 37.8. The number of nitrogens with zero attached hydrogens (tertiary/aromatic N) is 2. The van der Waals surface area contributed by atoms with Crippen molar-refractivity contribution in [1.82, 2.24) is 9.97 Å². The lowest BCUT2D eigenvalue weighted by Crippen LogP contribution is -2.15. The number of carbonyl (C=O) groups excluding carboxylic acids is 1. The van der Waals surface area contributed by atoms with Crippen molar-refractivity contribution in [1.29, 1.82) is 0 Å². The van der Waals surface area contributed by atoms with Gasteiger partial charge in [0.2, 0.25) is 18.6 Å². The zero-order valence-corrected chi connectivity index (χ0v) is 18.4. The highest BCUT2D eigenvalue weighted by Gasteiger charge is 2.16. The van der Waals surface area contributed by atoms with Crippen molar-refractivity contribution in [3.8, 4) is 11.5 Å². The van der Waals surface area contributed by atoms with Crippen molar-refractivity contribution in [3.05, 3.63) is 72.1 Å². The van der Waals surface area contributed by atoms with Crippen LogP contribution in [0.15, 0.2) is 65.7 Å². The maximum absolute atomic E-state index is 12.5. The fourth-order valence-corrected chi connectivity index (χ4v) is 3.72. The molecule has 0 bridgehead atoms. The van der Waals surface area contributed by atoms with E-state index >= 15 is 0 Å². The van der Waals surface area contributed by atoms with Crippen LogP contribution in [-0.4, -0.2) is 31.1 Å². The highest BCUT2D eigenvalue weighted by molar-refractivity contribution is 7.92. The lowest BCUT2D eigenvalue weighted by atomic mass is 10.2. The molecule has 0 fully saturated rings. The van der Waals surface area contributed by atoms with Gasteiger partial charge in [0.15, 0.2) is 11.5 Å². The molecule has 2 aromatic carbocycles. The summed E-state index contributed by atoms with van der Waals surface area (Å²) in [6, 6.07) is 12.8. The predicted molar refractivity (Wildman–Crippen MR) is 121 cm³/mol. The number of rotatable bonds is 6. The van der Waals surface area contributed by atoms with E-state index in [2.05, 4.69) is 20.0 Å². The van der Waals surface area contributed by atoms with Crippen LogP contribution < -0.4 is 19.5 Å². The van der Waals surface area contributed by atoms with Gasteiger partial charge in [-0.3, -0.25) is 4.79 Å². The van der Waals surface area contributed by atoms with Crippen molar-refractivity contribution < 1.29 is 22.7 Å². The Hall–Kier alpha value is -3.63. The summed E-state index contributed by atoms with van der Waals surface area (Å²) in [5, 5.41) is 2.68. The van der Waals surface area contributed by atoms with Gasteiger partial charge in [-0.05, 0) is 61.0 Å². The lowest BCUT2D eigenvalue weighted by Gasteiger charge is -2.08. The fraction of sp³-hybridized carbons (Fsp3) is 0.0952. The Balaban J connectivity index is 0.00000289. The number of aromatic nitrogens is 2. The summed E-state index contributed by atoms with van der Waals surface area (Å²) in [7, 11) is -3.85. The quantitative estimate of drug-likeness (QED) is 0.525. The second-order valence-corrected chi connectivity index (χ2v) is 8.27. The molecule has 0 aliphatic carbocycles. The molecule has 0 radical (unpaired) electrons. The van der Waals surface area contributed by atoms with E-state index in [-0.39, 0.29) is 36.0 Å². The molecule has 1 amide bonds. The highest BCUT2D eigenvalue weighted by Crippen LogP contribution is 2.32. The standard InChI is InChI=1S/C21H18N4O5S.ClH/c1-14-10-11-22-21(23-14)25-31(27,28)17-6-4-16(5-7-17)24-20(26)9-3-15-2-8-18-19(12-15)30-13-29-18;/h2-12H,13H2,1H3,(H,24,26)(H,22,23,25);1H/b9-3+;. The summed E-state index contributed by atoms with van der Waals surface area (Å²) in [6.07, 6.45) is 4.48. The molecule has 166 valence electrons. The van der Waals surface area contributed by atoms with Gasteiger partial charge >= 0.3 is 0 Å². The third kappa shape index (κ3) is 5.54. The van der Waals surface area contributed by atoms with Gasteiger partial charge in [0, 0.05) is 23.7 Å². The van der Waals surface area contributed by atoms with E-state index in [1.165, 1.54) is 36.5 Å². The number of hydrogen-bond acceptors (Lipinski definition) is 7. The molecule has 1 aromatic heterocycles. The van der Waals surface area contributed by atoms with Crippen molar-refractivity contribution in [3.63, 3.8) is 0 Å². The van der Waals surface area contributed by atoms with Crippen molar-refractivity contribution >= 4 is 46.0 Å². The van der Waals surface area contributed by atoms with Crippen LogP contribution in [0.25, 0.3) is 6.08 Å². The fourth-order valence-electron chi connectivity index (χ4n) is 2.77. The minimum absolute atomic E-state index is 0. The van der Waals surface area contributed by atoms with E-state index in [1.54, 1.807) is 31.2 Å². The Morgan fingerprint density at radius 3 is 2.56 bits per heavy atom. The summed E-state index contributed by atoms with van der Waals surface area (Å²) in [5.74, 6) is 0.926. The Morgan fingerprint density at radius 2 is 1.81 bits per heavy atom. The molecule has 11 heteroatoms. The number of benzene rings is 2. The summed E-state index contributed by atoms with van der Waals surface area (Å²) in [5.41, 5.74) is 1.87. The number of hydrogen-bond donors (Lipinski definition) is 2. The lowest BCUT2D eigenvalue weighted by molar-refractivity contribution is -0.111. The Bertz CT molecular complexity index is 1260. The van der Waals surface area contributed by atoms with Crippen molar-refractivity contribution in [2.24, 2.45) is 0 Å². The van der Waals surface area contributed by atoms with E-state index in [0.29, 0.717) is 22.9 Å². The van der Waals surface area contributed by atoms with Gasteiger partial charge in [-0.25, -0.2) is 23.1 Å². The molecule has 0 atom stereocenters. The smallest absolute Gasteiger partial charge is 0.264 e. The average molecular weight is 475 g/mol. The zero-order valence-electron chi connectivity index (χ0n) is 16.8. The number of nitrogens with one attached hydrogen (secondary N) is 2. The first-order valence-corrected chi connectivity index (χ1v) is 10.7. The van der Waals surface area contributed by atoms with Crippen LogP contribution in [0, 0.1) is 6.92 Å². The largest absolute Gasteiger partial charge is 0.454 e. The van der Waals surface area contributed by atoms with Gasteiger partial charge < -0.3 is 14.8 Å². The molecule has 0 unspecified atom stereocenters. The number of halogens is 1. The predicted octanol–water partition coefficient (Wildman–Crippen LogP) is 3.39. The number of fused-ring (bicyclic) bond motifs is 1. The van der Waals surface area contributed by atoms with Gasteiger partial charge in [-0.15, -0.1) is 12.4 Å². The summed E-state index contributed by atoms with van der Waals surface area (Å²) in [6.45, 7) is 1.92. The van der Waals surface area contributed by atoms with Crippen LogP contribution in [0.1, 0.15) is 11.3 Å².